The largest absolute Gasteiger partial charge is 0.471 e. The van der Waals surface area contributed by atoms with E-state index in [9.17, 15) is 18.0 Å². The molecule has 1 aliphatic rings. The maximum Gasteiger partial charge on any atom is 0.471 e. The highest BCUT2D eigenvalue weighted by Gasteiger charge is 2.40. The number of nitrogen functional groups attached to an aromatic ring is 1. The Hall–Kier alpha value is -1.72. The van der Waals surface area contributed by atoms with Gasteiger partial charge in [-0.1, -0.05) is 6.07 Å². The quantitative estimate of drug-likeness (QED) is 0.742. The molecule has 0 aliphatic heterocycles. The maximum atomic E-state index is 12.1. The van der Waals surface area contributed by atoms with E-state index in [0.717, 1.165) is 5.56 Å². The van der Waals surface area contributed by atoms with Gasteiger partial charge in [-0.2, -0.15) is 13.2 Å². The van der Waals surface area contributed by atoms with Gasteiger partial charge in [-0.15, -0.1) is 0 Å². The predicted octanol–water partition coefficient (Wildman–Crippen LogP) is 1.93. The molecular weight excluding hydrogens is 233 g/mol. The van der Waals surface area contributed by atoms with Crippen molar-refractivity contribution in [2.24, 2.45) is 0 Å². The summed E-state index contributed by atoms with van der Waals surface area (Å²) in [6.45, 7) is 0. The highest BCUT2D eigenvalue weighted by molar-refractivity contribution is 5.82. The van der Waals surface area contributed by atoms with E-state index >= 15 is 0 Å². The number of nitrogens with two attached hydrogens (primary N) is 1. The normalized spacial score (nSPS) is 18.9. The van der Waals surface area contributed by atoms with Crippen LogP contribution in [0.5, 0.6) is 0 Å². The highest BCUT2D eigenvalue weighted by atomic mass is 19.4. The van der Waals surface area contributed by atoms with Gasteiger partial charge in [-0.3, -0.25) is 4.79 Å². The van der Waals surface area contributed by atoms with E-state index in [1.807, 2.05) is 5.32 Å². The Morgan fingerprint density at radius 3 is 2.76 bits per heavy atom. The Balaban J connectivity index is 2.17. The minimum Gasteiger partial charge on any atom is -0.399 e. The molecule has 2 rings (SSSR count). The number of hydrogen-bond acceptors (Lipinski definition) is 2. The highest BCUT2D eigenvalue weighted by Crippen LogP contribution is 2.33. The maximum absolute atomic E-state index is 12.1. The zero-order valence-electron chi connectivity index (χ0n) is 8.84. The predicted molar refractivity (Wildman–Crippen MR) is 56.1 cm³/mol. The van der Waals surface area contributed by atoms with Crippen LogP contribution in [0.4, 0.5) is 18.9 Å². The molecule has 1 aromatic carbocycles. The molecule has 1 aliphatic carbocycles. The number of benzene rings is 1. The van der Waals surface area contributed by atoms with E-state index in [1.54, 1.807) is 18.2 Å². The van der Waals surface area contributed by atoms with Crippen LogP contribution in [0.1, 0.15) is 23.6 Å². The fraction of sp³-hybridized carbons (Fsp3) is 0.364. The summed E-state index contributed by atoms with van der Waals surface area (Å²) in [6, 6.07) is 4.50. The number of hydrogen-bond donors (Lipinski definition) is 2. The molecule has 92 valence electrons. The molecule has 0 radical (unpaired) electrons. The molecule has 0 saturated heterocycles. The van der Waals surface area contributed by atoms with Crippen LogP contribution in [0, 0.1) is 0 Å². The number of halogens is 3. The Morgan fingerprint density at radius 2 is 2.12 bits per heavy atom. The van der Waals surface area contributed by atoms with Crippen LogP contribution < -0.4 is 11.1 Å². The van der Waals surface area contributed by atoms with Gasteiger partial charge in [0.1, 0.15) is 0 Å². The minimum atomic E-state index is -4.84. The van der Waals surface area contributed by atoms with E-state index in [0.29, 0.717) is 24.1 Å². The number of rotatable bonds is 1. The monoisotopic (exact) mass is 244 g/mol. The molecule has 1 amide bonds. The Labute approximate surface area is 95.8 Å². The second-order valence-corrected chi connectivity index (χ2v) is 4.02. The molecule has 1 aromatic rings. The fourth-order valence-corrected chi connectivity index (χ4v) is 2.01. The molecule has 0 saturated carbocycles. The topological polar surface area (TPSA) is 55.1 Å². The average Bonchev–Trinajstić information content (AvgIpc) is 2.60. The van der Waals surface area contributed by atoms with Gasteiger partial charge in [-0.05, 0) is 36.1 Å². The summed E-state index contributed by atoms with van der Waals surface area (Å²) in [6.07, 6.45) is -3.72. The first-order chi connectivity index (χ1) is 7.88. The molecule has 0 bridgehead atoms. The van der Waals surface area contributed by atoms with E-state index in [1.165, 1.54) is 0 Å². The third kappa shape index (κ3) is 2.35. The lowest BCUT2D eigenvalue weighted by Crippen LogP contribution is -2.38. The van der Waals surface area contributed by atoms with Crippen LogP contribution in [0.3, 0.4) is 0 Å². The van der Waals surface area contributed by atoms with Gasteiger partial charge in [0.25, 0.3) is 0 Å². The van der Waals surface area contributed by atoms with Crippen molar-refractivity contribution < 1.29 is 18.0 Å². The van der Waals surface area contributed by atoms with Gasteiger partial charge in [0, 0.05) is 5.69 Å². The lowest BCUT2D eigenvalue weighted by molar-refractivity contribution is -0.174. The summed E-state index contributed by atoms with van der Waals surface area (Å²) >= 11 is 0. The van der Waals surface area contributed by atoms with Crippen molar-refractivity contribution in [2.75, 3.05) is 5.73 Å². The molecule has 1 unspecified atom stereocenters. The molecular formula is C11H11F3N2O. The molecule has 0 aromatic heterocycles. The summed E-state index contributed by atoms with van der Waals surface area (Å²) in [5.74, 6) is -1.90. The number of alkyl halides is 3. The molecule has 6 heteroatoms. The molecule has 3 N–H and O–H groups in total. The lowest BCUT2D eigenvalue weighted by atomic mass is 10.1. The van der Waals surface area contributed by atoms with Crippen LogP contribution in [0.25, 0.3) is 0 Å². The first kappa shape index (κ1) is 11.8. The molecule has 3 nitrogen and oxygen atoms in total. The Morgan fingerprint density at radius 1 is 1.41 bits per heavy atom. The first-order valence-electron chi connectivity index (χ1n) is 5.14. The van der Waals surface area contributed by atoms with Crippen molar-refractivity contribution in [3.8, 4) is 0 Å². The fourth-order valence-electron chi connectivity index (χ4n) is 2.01. The zero-order valence-corrected chi connectivity index (χ0v) is 8.84. The smallest absolute Gasteiger partial charge is 0.399 e. The number of anilines is 1. The summed E-state index contributed by atoms with van der Waals surface area (Å²) in [4.78, 5) is 10.8. The van der Waals surface area contributed by atoms with Gasteiger partial charge in [0.2, 0.25) is 0 Å². The number of carbonyl (C=O) groups excluding carboxylic acids is 1. The second kappa shape index (κ2) is 3.94. The van der Waals surface area contributed by atoms with E-state index in [2.05, 4.69) is 0 Å². The van der Waals surface area contributed by atoms with Crippen LogP contribution in [0.15, 0.2) is 18.2 Å². The van der Waals surface area contributed by atoms with Crippen molar-refractivity contribution in [3.63, 3.8) is 0 Å². The molecule has 17 heavy (non-hydrogen) atoms. The molecule has 0 fully saturated rings. The molecule has 1 atom stereocenters. The van der Waals surface area contributed by atoms with Gasteiger partial charge in [0.15, 0.2) is 0 Å². The van der Waals surface area contributed by atoms with Crippen LogP contribution in [-0.2, 0) is 11.2 Å². The SMILES string of the molecule is Nc1ccc2c(c1)C(NC(=O)C(F)(F)F)CC2. The summed E-state index contributed by atoms with van der Waals surface area (Å²) in [7, 11) is 0. The van der Waals surface area contributed by atoms with Gasteiger partial charge < -0.3 is 11.1 Å². The summed E-state index contributed by atoms with van der Waals surface area (Å²) < 4.78 is 36.4. The summed E-state index contributed by atoms with van der Waals surface area (Å²) in [5, 5.41) is 1.98. The number of aryl methyl sites for hydroxylation is 1. The number of nitrogens with one attached hydrogen (secondary N) is 1. The van der Waals surface area contributed by atoms with E-state index < -0.39 is 18.1 Å². The Bertz CT molecular complexity index is 457. The van der Waals surface area contributed by atoms with Gasteiger partial charge in [-0.25, -0.2) is 0 Å². The lowest BCUT2D eigenvalue weighted by Gasteiger charge is -2.15. The van der Waals surface area contributed by atoms with Crippen LogP contribution in [-0.4, -0.2) is 12.1 Å². The van der Waals surface area contributed by atoms with Crippen molar-refractivity contribution in [2.45, 2.75) is 25.1 Å². The second-order valence-electron chi connectivity index (χ2n) is 4.02. The van der Waals surface area contributed by atoms with Crippen molar-refractivity contribution in [1.82, 2.24) is 5.32 Å². The molecule has 0 spiro atoms. The third-order valence-electron chi connectivity index (χ3n) is 2.81. The van der Waals surface area contributed by atoms with Crippen LogP contribution >= 0.6 is 0 Å². The molecule has 0 heterocycles. The Kier molecular flexibility index (Phi) is 2.73. The zero-order chi connectivity index (χ0) is 12.6. The standard InChI is InChI=1S/C11H11F3N2O/c12-11(13,14)10(17)16-9-4-2-6-1-3-7(15)5-8(6)9/h1,3,5,9H,2,4,15H2,(H,16,17). The summed E-state index contributed by atoms with van der Waals surface area (Å²) in [5.41, 5.74) is 7.68. The van der Waals surface area contributed by atoms with Crippen molar-refractivity contribution >= 4 is 11.6 Å². The van der Waals surface area contributed by atoms with Gasteiger partial charge >= 0.3 is 12.1 Å². The number of fused-ring (bicyclic) bond motifs is 1. The minimum absolute atomic E-state index is 0.473. The first-order valence-corrected chi connectivity index (χ1v) is 5.14. The van der Waals surface area contributed by atoms with E-state index in [-0.39, 0.29) is 0 Å². The van der Waals surface area contributed by atoms with Crippen molar-refractivity contribution in [3.05, 3.63) is 29.3 Å². The number of amides is 1. The van der Waals surface area contributed by atoms with Crippen molar-refractivity contribution in [1.29, 1.82) is 0 Å². The van der Waals surface area contributed by atoms with Crippen LogP contribution in [0.2, 0.25) is 0 Å². The average molecular weight is 244 g/mol. The number of carbonyl (C=O) groups is 1. The third-order valence-corrected chi connectivity index (χ3v) is 2.81. The van der Waals surface area contributed by atoms with E-state index in [4.69, 9.17) is 5.73 Å². The van der Waals surface area contributed by atoms with Gasteiger partial charge in [0.05, 0.1) is 6.04 Å².